The Labute approximate surface area is 180 Å². The largest absolute Gasteiger partial charge is 0.489 e. The number of pyridine rings is 1. The minimum Gasteiger partial charge on any atom is -0.489 e. The van der Waals surface area contributed by atoms with Crippen molar-refractivity contribution in [3.05, 3.63) is 71.9 Å². The zero-order chi connectivity index (χ0) is 21.0. The van der Waals surface area contributed by atoms with Crippen LogP contribution in [0.3, 0.4) is 0 Å². The number of amides is 1. The second-order valence-corrected chi connectivity index (χ2v) is 7.53. The summed E-state index contributed by atoms with van der Waals surface area (Å²) in [6, 6.07) is 16.8. The van der Waals surface area contributed by atoms with Crippen molar-refractivity contribution in [3.8, 4) is 17.2 Å². The van der Waals surface area contributed by atoms with Crippen LogP contribution in [0.25, 0.3) is 0 Å². The molecule has 0 atom stereocenters. The fraction of sp³-hybridized carbons (Fsp3) is 0.250. The first-order chi connectivity index (χ1) is 15.3. The number of fused-ring (bicyclic) bond motifs is 1. The molecule has 0 saturated carbocycles. The summed E-state index contributed by atoms with van der Waals surface area (Å²) >= 11 is 0. The van der Waals surface area contributed by atoms with Gasteiger partial charge in [-0.2, -0.15) is 0 Å². The van der Waals surface area contributed by atoms with Crippen LogP contribution in [-0.2, 0) is 6.61 Å². The maximum absolute atomic E-state index is 13.0. The van der Waals surface area contributed by atoms with Crippen LogP contribution in [0.4, 0.5) is 11.5 Å². The topological polar surface area (TPSA) is 72.9 Å². The minimum absolute atomic E-state index is 0.163. The summed E-state index contributed by atoms with van der Waals surface area (Å²) in [5, 5.41) is 3.00. The number of hydrogen-bond donors (Lipinski definition) is 1. The van der Waals surface area contributed by atoms with Crippen LogP contribution >= 0.6 is 0 Å². The number of carbonyl (C=O) groups excluding carboxylic acids is 1. The van der Waals surface area contributed by atoms with E-state index >= 15 is 0 Å². The van der Waals surface area contributed by atoms with Crippen molar-refractivity contribution in [3.63, 3.8) is 0 Å². The van der Waals surface area contributed by atoms with Gasteiger partial charge in [-0.15, -0.1) is 0 Å². The molecule has 158 valence electrons. The van der Waals surface area contributed by atoms with Gasteiger partial charge in [-0.05, 0) is 54.8 Å². The smallest absolute Gasteiger partial charge is 0.259 e. The highest BCUT2D eigenvalue weighted by Gasteiger charge is 2.20. The van der Waals surface area contributed by atoms with Crippen molar-refractivity contribution >= 4 is 17.4 Å². The van der Waals surface area contributed by atoms with Crippen LogP contribution in [0.15, 0.2) is 60.8 Å². The number of hydrogen-bond acceptors (Lipinski definition) is 6. The molecule has 2 aromatic carbocycles. The third-order valence-corrected chi connectivity index (χ3v) is 5.37. The molecule has 3 aromatic rings. The van der Waals surface area contributed by atoms with E-state index in [-0.39, 0.29) is 12.7 Å². The number of nitrogens with one attached hydrogen (secondary N) is 1. The molecule has 7 heteroatoms. The Bertz CT molecular complexity index is 1100. The first-order valence-corrected chi connectivity index (χ1v) is 10.4. The van der Waals surface area contributed by atoms with Gasteiger partial charge in [0.2, 0.25) is 6.79 Å². The first-order valence-electron chi connectivity index (χ1n) is 10.4. The molecule has 0 bridgehead atoms. The Morgan fingerprint density at radius 3 is 2.81 bits per heavy atom. The van der Waals surface area contributed by atoms with Crippen LogP contribution in [0, 0.1) is 0 Å². The summed E-state index contributed by atoms with van der Waals surface area (Å²) in [5.74, 6) is 2.69. The summed E-state index contributed by atoms with van der Waals surface area (Å²) in [6.07, 6.45) is 3.99. The highest BCUT2D eigenvalue weighted by Crippen LogP contribution is 2.35. The lowest BCUT2D eigenvalue weighted by Crippen LogP contribution is -2.24. The number of ether oxygens (including phenoxy) is 3. The van der Waals surface area contributed by atoms with Crippen molar-refractivity contribution in [1.82, 2.24) is 4.98 Å². The van der Waals surface area contributed by atoms with Gasteiger partial charge in [0.25, 0.3) is 5.91 Å². The number of benzene rings is 2. The average Bonchev–Trinajstić information content (AvgIpc) is 3.50. The standard InChI is InChI=1S/C24H23N3O4/c28-24(20-7-4-10-25-23(20)27-11-1-2-12-27)26-18-6-3-5-17(13-18)15-29-19-8-9-21-22(14-19)31-16-30-21/h3-10,13-14H,1-2,11-12,15-16H2,(H,26,28). The number of aromatic nitrogens is 1. The molecule has 3 heterocycles. The monoisotopic (exact) mass is 417 g/mol. The Morgan fingerprint density at radius 1 is 1.03 bits per heavy atom. The second-order valence-electron chi connectivity index (χ2n) is 7.53. The zero-order valence-corrected chi connectivity index (χ0v) is 17.0. The maximum atomic E-state index is 13.0. The molecule has 0 unspecified atom stereocenters. The van der Waals surface area contributed by atoms with Gasteiger partial charge in [0.05, 0.1) is 5.56 Å². The summed E-state index contributed by atoms with van der Waals surface area (Å²) in [7, 11) is 0. The molecule has 1 N–H and O–H groups in total. The predicted octanol–water partition coefficient (Wildman–Crippen LogP) is 4.24. The van der Waals surface area contributed by atoms with Crippen LogP contribution in [-0.4, -0.2) is 30.8 Å². The molecule has 1 fully saturated rings. The van der Waals surface area contributed by atoms with Gasteiger partial charge in [0, 0.05) is 31.0 Å². The molecule has 31 heavy (non-hydrogen) atoms. The van der Waals surface area contributed by atoms with E-state index in [0.29, 0.717) is 29.4 Å². The summed E-state index contributed by atoms with van der Waals surface area (Å²) in [4.78, 5) is 19.6. The van der Waals surface area contributed by atoms with Crippen molar-refractivity contribution in [2.24, 2.45) is 0 Å². The Morgan fingerprint density at radius 2 is 1.90 bits per heavy atom. The van der Waals surface area contributed by atoms with Crippen molar-refractivity contribution in [2.45, 2.75) is 19.4 Å². The SMILES string of the molecule is O=C(Nc1cccc(COc2ccc3c(c2)OCO3)c1)c1cccnc1N1CCCC1. The van der Waals surface area contributed by atoms with Crippen LogP contribution in [0.1, 0.15) is 28.8 Å². The second kappa shape index (κ2) is 8.55. The lowest BCUT2D eigenvalue weighted by atomic mass is 10.2. The molecule has 1 amide bonds. The van der Waals surface area contributed by atoms with E-state index in [4.69, 9.17) is 14.2 Å². The molecule has 0 spiro atoms. The molecule has 2 aliphatic heterocycles. The van der Waals surface area contributed by atoms with Crippen LogP contribution in [0.5, 0.6) is 17.2 Å². The van der Waals surface area contributed by atoms with Crippen molar-refractivity contribution < 1.29 is 19.0 Å². The van der Waals surface area contributed by atoms with Gasteiger partial charge < -0.3 is 24.4 Å². The van der Waals surface area contributed by atoms with E-state index in [1.807, 2.05) is 48.5 Å². The third-order valence-electron chi connectivity index (χ3n) is 5.37. The predicted molar refractivity (Wildman–Crippen MR) is 117 cm³/mol. The molecule has 0 radical (unpaired) electrons. The van der Waals surface area contributed by atoms with E-state index in [1.54, 1.807) is 12.3 Å². The van der Waals surface area contributed by atoms with E-state index in [2.05, 4.69) is 15.2 Å². The van der Waals surface area contributed by atoms with Gasteiger partial charge in [0.1, 0.15) is 18.2 Å². The summed E-state index contributed by atoms with van der Waals surface area (Å²) < 4.78 is 16.6. The van der Waals surface area contributed by atoms with Crippen LogP contribution in [0.2, 0.25) is 0 Å². The fourth-order valence-corrected chi connectivity index (χ4v) is 3.83. The minimum atomic E-state index is -0.163. The maximum Gasteiger partial charge on any atom is 0.259 e. The van der Waals surface area contributed by atoms with E-state index in [1.165, 1.54) is 0 Å². The molecule has 5 rings (SSSR count). The number of nitrogens with zero attached hydrogens (tertiary/aromatic N) is 2. The molecular weight excluding hydrogens is 394 g/mol. The lowest BCUT2D eigenvalue weighted by molar-refractivity contribution is 0.102. The van der Waals surface area contributed by atoms with Gasteiger partial charge in [-0.1, -0.05) is 12.1 Å². The molecule has 1 aromatic heterocycles. The average molecular weight is 417 g/mol. The fourth-order valence-electron chi connectivity index (χ4n) is 3.83. The lowest BCUT2D eigenvalue weighted by Gasteiger charge is -2.19. The van der Waals surface area contributed by atoms with E-state index in [9.17, 15) is 4.79 Å². The number of anilines is 2. The van der Waals surface area contributed by atoms with Crippen molar-refractivity contribution in [1.29, 1.82) is 0 Å². The van der Waals surface area contributed by atoms with Crippen molar-refractivity contribution in [2.75, 3.05) is 30.1 Å². The van der Waals surface area contributed by atoms with Crippen LogP contribution < -0.4 is 24.4 Å². The van der Waals surface area contributed by atoms with E-state index < -0.39 is 0 Å². The Kier molecular flexibility index (Phi) is 5.31. The molecule has 1 saturated heterocycles. The van der Waals surface area contributed by atoms with E-state index in [0.717, 1.165) is 43.1 Å². The Balaban J connectivity index is 1.26. The first kappa shape index (κ1) is 19.2. The molecule has 7 nitrogen and oxygen atoms in total. The normalized spacial score (nSPS) is 14.5. The summed E-state index contributed by atoms with van der Waals surface area (Å²) in [6.45, 7) is 2.47. The Hall–Kier alpha value is -3.74. The third kappa shape index (κ3) is 4.26. The molecular formula is C24H23N3O4. The number of carbonyl (C=O) groups is 1. The highest BCUT2D eigenvalue weighted by atomic mass is 16.7. The summed E-state index contributed by atoms with van der Waals surface area (Å²) in [5.41, 5.74) is 2.25. The van der Waals surface area contributed by atoms with Gasteiger partial charge >= 0.3 is 0 Å². The quantitative estimate of drug-likeness (QED) is 0.647. The molecule has 2 aliphatic rings. The molecule has 0 aliphatic carbocycles. The van der Waals surface area contributed by atoms with Gasteiger partial charge in [-0.3, -0.25) is 4.79 Å². The van der Waals surface area contributed by atoms with Gasteiger partial charge in [-0.25, -0.2) is 4.98 Å². The number of rotatable bonds is 6. The van der Waals surface area contributed by atoms with Gasteiger partial charge in [0.15, 0.2) is 11.5 Å². The highest BCUT2D eigenvalue weighted by molar-refractivity contribution is 6.07. The zero-order valence-electron chi connectivity index (χ0n) is 17.0.